The van der Waals surface area contributed by atoms with Gasteiger partial charge in [0.1, 0.15) is 0 Å². The van der Waals surface area contributed by atoms with Crippen molar-refractivity contribution in [3.05, 3.63) is 36.2 Å². The number of nitrogens with one attached hydrogen (secondary N) is 1. The average molecular weight is 239 g/mol. The number of H-pyrrole nitrogens is 1. The minimum atomic E-state index is 0.0555. The summed E-state index contributed by atoms with van der Waals surface area (Å²) < 4.78 is 0. The highest BCUT2D eigenvalue weighted by molar-refractivity contribution is 5.53. The summed E-state index contributed by atoms with van der Waals surface area (Å²) in [4.78, 5) is 4.98. The molecule has 1 aromatic heterocycles. The molecule has 1 aliphatic heterocycles. The fourth-order valence-electron chi connectivity index (χ4n) is 2.32. The highest BCUT2D eigenvalue weighted by Crippen LogP contribution is 2.29. The van der Waals surface area contributed by atoms with Crippen molar-refractivity contribution < 1.29 is 0 Å². The molecule has 1 saturated heterocycles. The fraction of sp³-hybridized carbons (Fsp3) is 0.308. The van der Waals surface area contributed by atoms with E-state index in [0.29, 0.717) is 0 Å². The van der Waals surface area contributed by atoms with E-state index in [1.165, 1.54) is 0 Å². The highest BCUT2D eigenvalue weighted by atomic mass is 15.3. The smallest absolute Gasteiger partial charge is 0.180 e. The molecule has 2 heterocycles. The van der Waals surface area contributed by atoms with Crippen LogP contribution in [0.5, 0.6) is 0 Å². The van der Waals surface area contributed by atoms with Gasteiger partial charge in [-0.1, -0.05) is 30.3 Å². The summed E-state index contributed by atoms with van der Waals surface area (Å²) in [6.45, 7) is 0.808. The van der Waals surface area contributed by atoms with E-state index in [1.807, 2.05) is 30.3 Å². The summed E-state index contributed by atoms with van der Waals surface area (Å²) >= 11 is 0. The predicted octanol–water partition coefficient (Wildman–Crippen LogP) is 2.09. The van der Waals surface area contributed by atoms with Gasteiger partial charge in [-0.3, -0.25) is 4.90 Å². The summed E-state index contributed by atoms with van der Waals surface area (Å²) in [5, 5.41) is 17.4. The Kier molecular flexibility index (Phi) is 2.69. The third-order valence-corrected chi connectivity index (χ3v) is 3.25. The summed E-state index contributed by atoms with van der Waals surface area (Å²) in [5.74, 6) is 1.54. The SMILES string of the molecule is N#CN1CCCC1c1nnc(-c2ccccc2)[nH]1. The van der Waals surface area contributed by atoms with E-state index >= 15 is 0 Å². The molecule has 0 bridgehead atoms. The molecule has 90 valence electrons. The third-order valence-electron chi connectivity index (χ3n) is 3.25. The lowest BCUT2D eigenvalue weighted by Gasteiger charge is -2.14. The van der Waals surface area contributed by atoms with Crippen LogP contribution in [0.2, 0.25) is 0 Å². The number of hydrogen-bond donors (Lipinski definition) is 1. The molecule has 1 fully saturated rings. The van der Waals surface area contributed by atoms with Crippen LogP contribution in [0.1, 0.15) is 24.7 Å². The molecule has 0 amide bonds. The zero-order chi connectivity index (χ0) is 12.4. The Morgan fingerprint density at radius 3 is 2.89 bits per heavy atom. The summed E-state index contributed by atoms with van der Waals surface area (Å²) in [6.07, 6.45) is 4.19. The molecule has 5 nitrogen and oxygen atoms in total. The van der Waals surface area contributed by atoms with Crippen molar-refractivity contribution in [2.24, 2.45) is 0 Å². The van der Waals surface area contributed by atoms with Crippen molar-refractivity contribution in [3.63, 3.8) is 0 Å². The Hall–Kier alpha value is -2.35. The van der Waals surface area contributed by atoms with Crippen LogP contribution in [0.15, 0.2) is 30.3 Å². The average Bonchev–Trinajstić information content (AvgIpc) is 3.08. The van der Waals surface area contributed by atoms with Crippen LogP contribution in [0, 0.1) is 11.5 Å². The molecule has 0 spiro atoms. The van der Waals surface area contributed by atoms with E-state index in [2.05, 4.69) is 21.4 Å². The minimum Gasteiger partial charge on any atom is -0.323 e. The monoisotopic (exact) mass is 239 g/mol. The van der Waals surface area contributed by atoms with Crippen LogP contribution in [-0.2, 0) is 0 Å². The van der Waals surface area contributed by atoms with Gasteiger partial charge in [0, 0.05) is 12.1 Å². The second kappa shape index (κ2) is 4.49. The van der Waals surface area contributed by atoms with E-state index in [9.17, 15) is 0 Å². The van der Waals surface area contributed by atoms with Gasteiger partial charge >= 0.3 is 0 Å². The van der Waals surface area contributed by atoms with E-state index < -0.39 is 0 Å². The molecule has 0 aliphatic carbocycles. The molecule has 1 atom stereocenters. The number of benzene rings is 1. The van der Waals surface area contributed by atoms with E-state index in [4.69, 9.17) is 5.26 Å². The Balaban J connectivity index is 1.88. The number of rotatable bonds is 2. The second-order valence-corrected chi connectivity index (χ2v) is 4.38. The molecule has 1 unspecified atom stereocenters. The molecule has 2 aromatic rings. The Labute approximate surface area is 105 Å². The highest BCUT2D eigenvalue weighted by Gasteiger charge is 2.28. The molecule has 0 saturated carbocycles. The molecule has 1 N–H and O–H groups in total. The molecular weight excluding hydrogens is 226 g/mol. The van der Waals surface area contributed by atoms with Gasteiger partial charge in [-0.05, 0) is 12.8 Å². The van der Waals surface area contributed by atoms with E-state index in [0.717, 1.165) is 36.6 Å². The zero-order valence-electron chi connectivity index (χ0n) is 9.87. The van der Waals surface area contributed by atoms with Gasteiger partial charge in [-0.15, -0.1) is 10.2 Å². The lowest BCUT2D eigenvalue weighted by Crippen LogP contribution is -2.18. The first-order chi connectivity index (χ1) is 8.88. The van der Waals surface area contributed by atoms with Crippen LogP contribution in [0.25, 0.3) is 11.4 Å². The van der Waals surface area contributed by atoms with Crippen LogP contribution in [-0.4, -0.2) is 26.6 Å². The Morgan fingerprint density at radius 2 is 2.11 bits per heavy atom. The van der Waals surface area contributed by atoms with E-state index in [-0.39, 0.29) is 6.04 Å². The second-order valence-electron chi connectivity index (χ2n) is 4.38. The van der Waals surface area contributed by atoms with E-state index in [1.54, 1.807) is 4.90 Å². The molecule has 3 rings (SSSR count). The van der Waals surface area contributed by atoms with Gasteiger partial charge in [0.05, 0.1) is 6.04 Å². The molecule has 5 heteroatoms. The van der Waals surface area contributed by atoms with Gasteiger partial charge < -0.3 is 4.98 Å². The van der Waals surface area contributed by atoms with Gasteiger partial charge in [0.25, 0.3) is 0 Å². The van der Waals surface area contributed by atoms with Gasteiger partial charge in [-0.2, -0.15) is 5.26 Å². The summed E-state index contributed by atoms with van der Waals surface area (Å²) in [6, 6.07) is 9.93. The fourth-order valence-corrected chi connectivity index (χ4v) is 2.32. The van der Waals surface area contributed by atoms with Crippen molar-refractivity contribution in [2.75, 3.05) is 6.54 Å². The topological polar surface area (TPSA) is 68.6 Å². The number of aromatic amines is 1. The molecule has 1 aliphatic rings. The van der Waals surface area contributed by atoms with Crippen molar-refractivity contribution in [1.82, 2.24) is 20.1 Å². The first-order valence-electron chi connectivity index (χ1n) is 6.03. The number of nitrogens with zero attached hydrogens (tertiary/aromatic N) is 4. The number of nitriles is 1. The maximum atomic E-state index is 9.04. The quantitative estimate of drug-likeness (QED) is 0.815. The maximum Gasteiger partial charge on any atom is 0.180 e. The first-order valence-corrected chi connectivity index (χ1v) is 6.03. The van der Waals surface area contributed by atoms with Gasteiger partial charge in [0.2, 0.25) is 0 Å². The summed E-state index contributed by atoms with van der Waals surface area (Å²) in [5.41, 5.74) is 1.01. The van der Waals surface area contributed by atoms with Crippen molar-refractivity contribution in [1.29, 1.82) is 5.26 Å². The van der Waals surface area contributed by atoms with Crippen molar-refractivity contribution >= 4 is 0 Å². The standard InChI is InChI=1S/C13H13N5/c14-9-18-8-4-7-11(18)13-15-12(16-17-13)10-5-2-1-3-6-10/h1-3,5-6,11H,4,7-8H2,(H,15,16,17). The Morgan fingerprint density at radius 1 is 1.28 bits per heavy atom. The zero-order valence-corrected chi connectivity index (χ0v) is 9.87. The number of hydrogen-bond acceptors (Lipinski definition) is 4. The first kappa shape index (κ1) is 10.8. The van der Waals surface area contributed by atoms with Crippen LogP contribution < -0.4 is 0 Å². The Bertz CT molecular complexity index is 569. The van der Waals surface area contributed by atoms with Crippen LogP contribution in [0.4, 0.5) is 0 Å². The molecule has 0 radical (unpaired) electrons. The van der Waals surface area contributed by atoms with Gasteiger partial charge in [0.15, 0.2) is 17.8 Å². The molecule has 1 aromatic carbocycles. The largest absolute Gasteiger partial charge is 0.323 e. The molecular formula is C13H13N5. The van der Waals surface area contributed by atoms with Crippen LogP contribution >= 0.6 is 0 Å². The summed E-state index contributed by atoms with van der Waals surface area (Å²) in [7, 11) is 0. The number of likely N-dealkylation sites (tertiary alicyclic amines) is 1. The maximum absolute atomic E-state index is 9.04. The van der Waals surface area contributed by atoms with Crippen molar-refractivity contribution in [2.45, 2.75) is 18.9 Å². The third kappa shape index (κ3) is 1.82. The lowest BCUT2D eigenvalue weighted by molar-refractivity contribution is 0.360. The van der Waals surface area contributed by atoms with Crippen molar-refractivity contribution in [3.8, 4) is 17.6 Å². The van der Waals surface area contributed by atoms with Gasteiger partial charge in [-0.25, -0.2) is 0 Å². The lowest BCUT2D eigenvalue weighted by atomic mass is 10.2. The molecule has 18 heavy (non-hydrogen) atoms. The van der Waals surface area contributed by atoms with Crippen LogP contribution in [0.3, 0.4) is 0 Å². The number of aromatic nitrogens is 3. The minimum absolute atomic E-state index is 0.0555. The normalized spacial score (nSPS) is 18.8. The predicted molar refractivity (Wildman–Crippen MR) is 66.1 cm³/mol.